The summed E-state index contributed by atoms with van der Waals surface area (Å²) >= 11 is 6.17. The van der Waals surface area contributed by atoms with Crippen molar-refractivity contribution in [2.45, 2.75) is 45.6 Å². The van der Waals surface area contributed by atoms with Gasteiger partial charge in [0, 0.05) is 12.1 Å². The van der Waals surface area contributed by atoms with Gasteiger partial charge in [0.1, 0.15) is 5.75 Å². The maximum atomic E-state index is 12.0. The van der Waals surface area contributed by atoms with E-state index in [0.29, 0.717) is 23.1 Å². The lowest BCUT2D eigenvalue weighted by Crippen LogP contribution is -2.28. The molecule has 1 aromatic rings. The Labute approximate surface area is 149 Å². The first kappa shape index (κ1) is 20.1. The zero-order valence-electron chi connectivity index (χ0n) is 13.7. The lowest BCUT2D eigenvalue weighted by Gasteiger charge is -2.22. The highest BCUT2D eigenvalue weighted by Gasteiger charge is 2.15. The highest BCUT2D eigenvalue weighted by atomic mass is 35.5. The summed E-state index contributed by atoms with van der Waals surface area (Å²) in [7, 11) is 0. The molecule has 0 aromatic heterocycles. The van der Waals surface area contributed by atoms with E-state index in [2.05, 4.69) is 10.6 Å². The molecule has 1 aromatic carbocycles. The molecule has 1 aliphatic heterocycles. The third-order valence-corrected chi connectivity index (χ3v) is 4.11. The van der Waals surface area contributed by atoms with E-state index in [-0.39, 0.29) is 24.4 Å². The zero-order chi connectivity index (χ0) is 15.9. The summed E-state index contributed by atoms with van der Waals surface area (Å²) < 4.78 is 5.58. The Morgan fingerprint density at radius 3 is 2.70 bits per heavy atom. The average molecular weight is 361 g/mol. The molecule has 1 amide bonds. The van der Waals surface area contributed by atoms with Crippen LogP contribution in [-0.4, -0.2) is 25.1 Å². The van der Waals surface area contributed by atoms with Crippen molar-refractivity contribution in [2.75, 3.05) is 18.4 Å². The molecule has 23 heavy (non-hydrogen) atoms. The number of amides is 1. The topological polar surface area (TPSA) is 50.4 Å². The fourth-order valence-corrected chi connectivity index (χ4v) is 2.88. The fourth-order valence-electron chi connectivity index (χ4n) is 2.66. The number of anilines is 1. The molecule has 130 valence electrons. The van der Waals surface area contributed by atoms with E-state index in [4.69, 9.17) is 16.3 Å². The van der Waals surface area contributed by atoms with Crippen LogP contribution in [0, 0.1) is 5.92 Å². The molecule has 1 fully saturated rings. The minimum atomic E-state index is 0. The molecule has 0 radical (unpaired) electrons. The van der Waals surface area contributed by atoms with Gasteiger partial charge in [0.05, 0.1) is 11.1 Å². The van der Waals surface area contributed by atoms with Crippen LogP contribution >= 0.6 is 24.0 Å². The van der Waals surface area contributed by atoms with Gasteiger partial charge in [-0.3, -0.25) is 4.79 Å². The van der Waals surface area contributed by atoms with Crippen LogP contribution in [0.4, 0.5) is 5.69 Å². The number of benzene rings is 1. The van der Waals surface area contributed by atoms with Gasteiger partial charge in [0.25, 0.3) is 0 Å². The van der Waals surface area contributed by atoms with Crippen molar-refractivity contribution >= 4 is 35.6 Å². The second-order valence-electron chi connectivity index (χ2n) is 6.09. The Hall–Kier alpha value is -0.970. The van der Waals surface area contributed by atoms with Crippen LogP contribution < -0.4 is 15.4 Å². The van der Waals surface area contributed by atoms with Crippen LogP contribution in [0.3, 0.4) is 0 Å². The van der Waals surface area contributed by atoms with E-state index < -0.39 is 0 Å². The van der Waals surface area contributed by atoms with Gasteiger partial charge in [-0.2, -0.15) is 0 Å². The van der Waals surface area contributed by atoms with Crippen LogP contribution in [0.15, 0.2) is 18.2 Å². The van der Waals surface area contributed by atoms with Crippen molar-refractivity contribution in [3.63, 3.8) is 0 Å². The van der Waals surface area contributed by atoms with Crippen molar-refractivity contribution in [1.82, 2.24) is 5.32 Å². The van der Waals surface area contributed by atoms with Crippen LogP contribution in [0.25, 0.3) is 0 Å². The largest absolute Gasteiger partial charge is 0.489 e. The molecule has 2 N–H and O–H groups in total. The van der Waals surface area contributed by atoms with Gasteiger partial charge in [0.15, 0.2) is 0 Å². The molecule has 0 spiro atoms. The van der Waals surface area contributed by atoms with Gasteiger partial charge in [-0.05, 0) is 70.3 Å². The Morgan fingerprint density at radius 2 is 2.09 bits per heavy atom. The Bertz CT molecular complexity index is 503. The van der Waals surface area contributed by atoms with Gasteiger partial charge >= 0.3 is 0 Å². The molecule has 1 heterocycles. The number of ether oxygens (including phenoxy) is 1. The summed E-state index contributed by atoms with van der Waals surface area (Å²) in [6.45, 7) is 6.04. The first-order valence-corrected chi connectivity index (χ1v) is 8.39. The number of carbonyl (C=O) groups is 1. The van der Waals surface area contributed by atoms with Crippen molar-refractivity contribution in [2.24, 2.45) is 5.92 Å². The molecule has 1 aliphatic rings. The third-order valence-electron chi connectivity index (χ3n) is 3.82. The summed E-state index contributed by atoms with van der Waals surface area (Å²) in [6.07, 6.45) is 3.92. The van der Waals surface area contributed by atoms with E-state index in [1.165, 1.54) is 12.8 Å². The van der Waals surface area contributed by atoms with E-state index in [1.54, 1.807) is 12.1 Å². The monoisotopic (exact) mass is 360 g/mol. The number of halogens is 2. The highest BCUT2D eigenvalue weighted by Crippen LogP contribution is 2.28. The maximum absolute atomic E-state index is 12.0. The van der Waals surface area contributed by atoms with Crippen molar-refractivity contribution < 1.29 is 9.53 Å². The van der Waals surface area contributed by atoms with Gasteiger partial charge in [-0.1, -0.05) is 11.6 Å². The predicted molar refractivity (Wildman–Crippen MR) is 97.9 cm³/mol. The van der Waals surface area contributed by atoms with Gasteiger partial charge < -0.3 is 15.4 Å². The Balaban J connectivity index is 0.00000264. The second kappa shape index (κ2) is 10.0. The lowest BCUT2D eigenvalue weighted by molar-refractivity contribution is -0.116. The van der Waals surface area contributed by atoms with Crippen molar-refractivity contribution in [3.05, 3.63) is 23.2 Å². The normalized spacial score (nSPS) is 15.1. The highest BCUT2D eigenvalue weighted by molar-refractivity contribution is 6.32. The number of rotatable bonds is 6. The Morgan fingerprint density at radius 1 is 1.39 bits per heavy atom. The molecular formula is C17H26Cl2N2O2. The summed E-state index contributed by atoms with van der Waals surface area (Å²) in [6, 6.07) is 5.36. The number of hydrogen-bond donors (Lipinski definition) is 2. The molecule has 6 heteroatoms. The number of carbonyl (C=O) groups excluding carboxylic acids is 1. The predicted octanol–water partition coefficient (Wildman–Crippen LogP) is 4.27. The molecule has 0 saturated carbocycles. The molecule has 0 bridgehead atoms. The van der Waals surface area contributed by atoms with E-state index in [0.717, 1.165) is 25.2 Å². The summed E-state index contributed by atoms with van der Waals surface area (Å²) in [5.41, 5.74) is 0.719. The quantitative estimate of drug-likeness (QED) is 0.796. The molecule has 0 unspecified atom stereocenters. The number of nitrogens with one attached hydrogen (secondary N) is 2. The van der Waals surface area contributed by atoms with E-state index in [9.17, 15) is 4.79 Å². The number of hydrogen-bond acceptors (Lipinski definition) is 3. The first-order chi connectivity index (χ1) is 10.5. The summed E-state index contributed by atoms with van der Waals surface area (Å²) in [5.74, 6) is 1.36. The van der Waals surface area contributed by atoms with Crippen LogP contribution in [-0.2, 0) is 4.79 Å². The molecule has 1 saturated heterocycles. The first-order valence-electron chi connectivity index (χ1n) is 8.01. The van der Waals surface area contributed by atoms with E-state index in [1.807, 2.05) is 19.9 Å². The van der Waals surface area contributed by atoms with Gasteiger partial charge in [-0.15, -0.1) is 12.4 Å². The molecule has 4 nitrogen and oxygen atoms in total. The van der Waals surface area contributed by atoms with Crippen molar-refractivity contribution in [1.29, 1.82) is 0 Å². The maximum Gasteiger partial charge on any atom is 0.224 e. The SMILES string of the molecule is CC(C)Oc1ccc(NC(=O)CCC2CCNCC2)cc1Cl.Cl. The zero-order valence-corrected chi connectivity index (χ0v) is 15.3. The van der Waals surface area contributed by atoms with Crippen LogP contribution in [0.1, 0.15) is 39.5 Å². The Kier molecular flexibility index (Phi) is 8.74. The second-order valence-corrected chi connectivity index (χ2v) is 6.50. The average Bonchev–Trinajstić information content (AvgIpc) is 2.49. The van der Waals surface area contributed by atoms with Crippen molar-refractivity contribution in [3.8, 4) is 5.75 Å². The third kappa shape index (κ3) is 6.98. The summed E-state index contributed by atoms with van der Waals surface area (Å²) in [5, 5.41) is 6.77. The molecule has 2 rings (SSSR count). The summed E-state index contributed by atoms with van der Waals surface area (Å²) in [4.78, 5) is 12.0. The van der Waals surface area contributed by atoms with Crippen LogP contribution in [0.2, 0.25) is 5.02 Å². The minimum absolute atomic E-state index is 0. The molecule has 0 atom stereocenters. The molecular weight excluding hydrogens is 335 g/mol. The number of piperidine rings is 1. The van der Waals surface area contributed by atoms with Gasteiger partial charge in [0.2, 0.25) is 5.91 Å². The smallest absolute Gasteiger partial charge is 0.224 e. The lowest BCUT2D eigenvalue weighted by atomic mass is 9.93. The van der Waals surface area contributed by atoms with Crippen LogP contribution in [0.5, 0.6) is 5.75 Å². The fraction of sp³-hybridized carbons (Fsp3) is 0.588. The van der Waals surface area contributed by atoms with E-state index >= 15 is 0 Å². The standard InChI is InChI=1S/C17H25ClN2O2.ClH/c1-12(2)22-16-5-4-14(11-15(16)18)20-17(21)6-3-13-7-9-19-10-8-13;/h4-5,11-13,19H,3,6-10H2,1-2H3,(H,20,21);1H. The molecule has 0 aliphatic carbocycles. The minimum Gasteiger partial charge on any atom is -0.489 e. The van der Waals surface area contributed by atoms with Gasteiger partial charge in [-0.25, -0.2) is 0 Å².